The van der Waals surface area contributed by atoms with Crippen molar-refractivity contribution in [3.05, 3.63) is 84.8 Å². The molecule has 5 heteroatoms. The molecule has 0 amide bonds. The summed E-state index contributed by atoms with van der Waals surface area (Å²) in [5.74, 6) is 0.727. The second-order valence-corrected chi connectivity index (χ2v) is 5.34. The van der Waals surface area contributed by atoms with E-state index in [0.717, 1.165) is 16.9 Å². The largest absolute Gasteiger partial charge is 0.506 e. The number of phenols is 1. The number of allylic oxidation sites excluding steroid dienone is 2. The first-order chi connectivity index (χ1) is 12.4. The molecule has 0 aliphatic carbocycles. The average molecular weight is 351 g/mol. The van der Waals surface area contributed by atoms with E-state index < -0.39 is 0 Å². The van der Waals surface area contributed by atoms with Crippen LogP contribution in [0.25, 0.3) is 0 Å². The molecule has 0 aliphatic heterocycles. The lowest BCUT2D eigenvalue weighted by atomic mass is 10.2. The number of methoxy groups -OCH3 is 1. The molecule has 0 fully saturated rings. The molecule has 0 heterocycles. The van der Waals surface area contributed by atoms with Crippen LogP contribution in [-0.4, -0.2) is 18.9 Å². The van der Waals surface area contributed by atoms with Crippen LogP contribution in [0.3, 0.4) is 0 Å². The maximum Gasteiger partial charge on any atom is 0.141 e. The molecular formula is C21H25N3O2. The van der Waals surface area contributed by atoms with Crippen LogP contribution in [0.15, 0.2) is 84.2 Å². The zero-order chi connectivity index (χ0) is 19.5. The Morgan fingerprint density at radius 3 is 2.46 bits per heavy atom. The average Bonchev–Trinajstić information content (AvgIpc) is 2.64. The number of nitrogens with zero attached hydrogens (tertiary/aromatic N) is 1. The Morgan fingerprint density at radius 1 is 1.27 bits per heavy atom. The molecule has 2 rings (SSSR count). The summed E-state index contributed by atoms with van der Waals surface area (Å²) in [5.41, 5.74) is 9.88. The second kappa shape index (κ2) is 10.4. The van der Waals surface area contributed by atoms with Gasteiger partial charge in [-0.15, -0.1) is 0 Å². The van der Waals surface area contributed by atoms with Gasteiger partial charge in [-0.05, 0) is 49.5 Å². The summed E-state index contributed by atoms with van der Waals surface area (Å²) in [6.07, 6.45) is 3.44. The van der Waals surface area contributed by atoms with Crippen LogP contribution in [0.5, 0.6) is 5.75 Å². The van der Waals surface area contributed by atoms with Crippen LogP contribution in [0.4, 0.5) is 17.1 Å². The highest BCUT2D eigenvalue weighted by atomic mass is 16.5. The summed E-state index contributed by atoms with van der Waals surface area (Å²) in [4.78, 5) is 3.57. The Kier molecular flexibility index (Phi) is 8.23. The number of hydrogen-bond donors (Lipinski definition) is 3. The first-order valence-electron chi connectivity index (χ1n) is 7.86. The van der Waals surface area contributed by atoms with E-state index in [1.807, 2.05) is 25.1 Å². The number of nitrogens with two attached hydrogens (primary N) is 1. The van der Waals surface area contributed by atoms with Crippen molar-refractivity contribution in [3.63, 3.8) is 0 Å². The van der Waals surface area contributed by atoms with Crippen LogP contribution >= 0.6 is 0 Å². The Hall–Kier alpha value is -3.47. The van der Waals surface area contributed by atoms with Crippen molar-refractivity contribution in [2.45, 2.75) is 6.92 Å². The quantitative estimate of drug-likeness (QED) is 0.298. The van der Waals surface area contributed by atoms with E-state index in [9.17, 15) is 0 Å². The molecule has 0 aromatic heterocycles. The SMILES string of the molecule is C=C/C(=C\C(=C)OC)Nc1ccc(C)cc1N.C=Nc1ccccc1O. The van der Waals surface area contributed by atoms with E-state index in [1.165, 1.54) is 0 Å². The molecule has 4 N–H and O–H groups in total. The standard InChI is InChI=1S/C14H18N2O.C7H7NO/c1-5-12(9-11(3)17-4)16-14-7-6-10(2)8-13(14)15;1-8-6-4-2-3-5-7(6)9/h5-9,16H,1,3,15H2,2,4H3;2-5,9H,1H2/b12-9+;. The number of aliphatic imine (C=N–C) groups is 1. The lowest BCUT2D eigenvalue weighted by Crippen LogP contribution is -2.01. The number of rotatable bonds is 6. The van der Waals surface area contributed by atoms with E-state index in [1.54, 1.807) is 43.5 Å². The molecular weight excluding hydrogens is 326 g/mol. The number of anilines is 2. The maximum atomic E-state index is 8.98. The summed E-state index contributed by atoms with van der Waals surface area (Å²) in [6.45, 7) is 12.7. The van der Waals surface area contributed by atoms with Gasteiger partial charge in [-0.1, -0.05) is 31.4 Å². The van der Waals surface area contributed by atoms with Gasteiger partial charge in [0.2, 0.25) is 0 Å². The maximum absolute atomic E-state index is 8.98. The minimum absolute atomic E-state index is 0.174. The Bertz CT molecular complexity index is 811. The van der Waals surface area contributed by atoms with E-state index in [-0.39, 0.29) is 5.75 Å². The number of benzene rings is 2. The molecule has 26 heavy (non-hydrogen) atoms. The Balaban J connectivity index is 0.000000314. The highest BCUT2D eigenvalue weighted by Gasteiger charge is 2.00. The van der Waals surface area contributed by atoms with Gasteiger partial charge >= 0.3 is 0 Å². The number of aromatic hydroxyl groups is 1. The van der Waals surface area contributed by atoms with Gasteiger partial charge in [0.05, 0.1) is 18.5 Å². The van der Waals surface area contributed by atoms with Crippen LogP contribution in [0.1, 0.15) is 5.56 Å². The molecule has 136 valence electrons. The van der Waals surface area contributed by atoms with Gasteiger partial charge in [0.25, 0.3) is 0 Å². The first kappa shape index (κ1) is 20.6. The number of ether oxygens (including phenoxy) is 1. The van der Waals surface area contributed by atoms with Gasteiger partial charge in [0.15, 0.2) is 0 Å². The zero-order valence-corrected chi connectivity index (χ0v) is 15.2. The normalized spacial score (nSPS) is 10.2. The van der Waals surface area contributed by atoms with E-state index in [4.69, 9.17) is 15.6 Å². The Morgan fingerprint density at radius 2 is 1.96 bits per heavy atom. The highest BCUT2D eigenvalue weighted by Crippen LogP contribution is 2.23. The highest BCUT2D eigenvalue weighted by molar-refractivity contribution is 5.69. The zero-order valence-electron chi connectivity index (χ0n) is 15.2. The minimum Gasteiger partial charge on any atom is -0.506 e. The number of para-hydroxylation sites is 2. The third kappa shape index (κ3) is 6.57. The van der Waals surface area contributed by atoms with Crippen molar-refractivity contribution in [2.75, 3.05) is 18.2 Å². The number of nitrogens with one attached hydrogen (secondary N) is 1. The molecule has 0 saturated carbocycles. The molecule has 0 unspecified atom stereocenters. The van der Waals surface area contributed by atoms with E-state index in [0.29, 0.717) is 17.1 Å². The van der Waals surface area contributed by atoms with Gasteiger partial charge in [0, 0.05) is 11.8 Å². The van der Waals surface area contributed by atoms with Crippen LogP contribution in [0.2, 0.25) is 0 Å². The molecule has 0 bridgehead atoms. The van der Waals surface area contributed by atoms with Crippen LogP contribution in [0, 0.1) is 6.92 Å². The minimum atomic E-state index is 0.174. The molecule has 2 aromatic rings. The molecule has 5 nitrogen and oxygen atoms in total. The predicted molar refractivity (Wildman–Crippen MR) is 111 cm³/mol. The van der Waals surface area contributed by atoms with Gasteiger partial charge in [-0.25, -0.2) is 0 Å². The molecule has 0 atom stereocenters. The second-order valence-electron chi connectivity index (χ2n) is 5.34. The fourth-order valence-corrected chi connectivity index (χ4v) is 1.93. The molecule has 0 saturated heterocycles. The molecule has 0 spiro atoms. The molecule has 2 aromatic carbocycles. The molecule has 0 aliphatic rings. The predicted octanol–water partition coefficient (Wildman–Crippen LogP) is 4.94. The van der Waals surface area contributed by atoms with Crippen molar-refractivity contribution in [1.29, 1.82) is 0 Å². The Labute approximate surface area is 154 Å². The fraction of sp³-hybridized carbons (Fsp3) is 0.0952. The third-order valence-electron chi connectivity index (χ3n) is 3.34. The van der Waals surface area contributed by atoms with Gasteiger partial charge in [-0.3, -0.25) is 4.99 Å². The van der Waals surface area contributed by atoms with Crippen molar-refractivity contribution >= 4 is 23.8 Å². The summed E-state index contributed by atoms with van der Waals surface area (Å²) >= 11 is 0. The summed E-state index contributed by atoms with van der Waals surface area (Å²) in [5, 5.41) is 12.1. The molecule has 0 radical (unpaired) electrons. The van der Waals surface area contributed by atoms with Crippen LogP contribution < -0.4 is 11.1 Å². The van der Waals surface area contributed by atoms with Crippen molar-refractivity contribution in [2.24, 2.45) is 4.99 Å². The fourth-order valence-electron chi connectivity index (χ4n) is 1.93. The lowest BCUT2D eigenvalue weighted by Gasteiger charge is -2.11. The van der Waals surface area contributed by atoms with Gasteiger partial charge in [0.1, 0.15) is 17.2 Å². The number of aryl methyl sites for hydroxylation is 1. The van der Waals surface area contributed by atoms with Gasteiger partial charge < -0.3 is 20.9 Å². The monoisotopic (exact) mass is 351 g/mol. The first-order valence-corrected chi connectivity index (χ1v) is 7.86. The van der Waals surface area contributed by atoms with Crippen LogP contribution in [-0.2, 0) is 4.74 Å². The number of nitrogen functional groups attached to an aromatic ring is 1. The summed E-state index contributed by atoms with van der Waals surface area (Å²) < 4.78 is 4.98. The lowest BCUT2D eigenvalue weighted by molar-refractivity contribution is 0.308. The van der Waals surface area contributed by atoms with E-state index >= 15 is 0 Å². The third-order valence-corrected chi connectivity index (χ3v) is 3.34. The van der Waals surface area contributed by atoms with E-state index in [2.05, 4.69) is 30.2 Å². The topological polar surface area (TPSA) is 79.9 Å². The smallest absolute Gasteiger partial charge is 0.141 e. The van der Waals surface area contributed by atoms with Gasteiger partial charge in [-0.2, -0.15) is 0 Å². The summed E-state index contributed by atoms with van der Waals surface area (Å²) in [7, 11) is 1.57. The number of phenolic OH excluding ortho intramolecular Hbond substituents is 1. The van der Waals surface area contributed by atoms with Crippen molar-refractivity contribution in [1.82, 2.24) is 0 Å². The van der Waals surface area contributed by atoms with Crippen molar-refractivity contribution < 1.29 is 9.84 Å². The summed E-state index contributed by atoms with van der Waals surface area (Å²) in [6, 6.07) is 12.6. The number of hydrogen-bond acceptors (Lipinski definition) is 5. The van der Waals surface area contributed by atoms with Crippen molar-refractivity contribution in [3.8, 4) is 5.75 Å².